The van der Waals surface area contributed by atoms with Crippen LogP contribution in [0.4, 0.5) is 11.4 Å². The van der Waals surface area contributed by atoms with E-state index < -0.39 is 0 Å². The number of carbonyl (C=O) groups excluding carboxylic acids is 1. The quantitative estimate of drug-likeness (QED) is 0.257. The van der Waals surface area contributed by atoms with Crippen LogP contribution >= 0.6 is 23.8 Å². The standard InChI is InChI=1S/C30H31ClN6OS/c1-18(2)29(38)34-25-9-8-22(16-24(25)31)37-28(27(35-30(37)39)26-7-5-6-12-33-26)23-15-19(3)36(20(23)4)17-21-10-13-32-14-11-21/h5-16,18,27-28H,17H2,1-4H3,(H,34,38)(H,35,39). The normalized spacial score (nSPS) is 17.0. The third-order valence-corrected chi connectivity index (χ3v) is 7.76. The summed E-state index contributed by atoms with van der Waals surface area (Å²) in [5, 5.41) is 7.46. The van der Waals surface area contributed by atoms with Gasteiger partial charge in [0.2, 0.25) is 5.91 Å². The minimum atomic E-state index is -0.173. The molecule has 0 spiro atoms. The molecule has 0 aliphatic carbocycles. The van der Waals surface area contributed by atoms with Crippen LogP contribution in [-0.4, -0.2) is 25.6 Å². The molecular weight excluding hydrogens is 528 g/mol. The van der Waals surface area contributed by atoms with Gasteiger partial charge < -0.3 is 20.1 Å². The van der Waals surface area contributed by atoms with Crippen molar-refractivity contribution in [2.24, 2.45) is 5.92 Å². The molecule has 1 saturated heterocycles. The molecule has 1 aromatic carbocycles. The second-order valence-corrected chi connectivity index (χ2v) is 10.9. The Bertz CT molecular complexity index is 1500. The van der Waals surface area contributed by atoms with E-state index in [-0.39, 0.29) is 23.9 Å². The topological polar surface area (TPSA) is 75.1 Å². The van der Waals surface area contributed by atoms with E-state index in [1.165, 1.54) is 5.56 Å². The molecule has 39 heavy (non-hydrogen) atoms. The van der Waals surface area contributed by atoms with Gasteiger partial charge in [0, 0.05) is 48.1 Å². The number of halogens is 1. The molecule has 4 aromatic rings. The van der Waals surface area contributed by atoms with Crippen LogP contribution < -0.4 is 15.5 Å². The summed E-state index contributed by atoms with van der Waals surface area (Å²) in [6.45, 7) is 8.71. The van der Waals surface area contributed by atoms with Crippen molar-refractivity contribution in [3.63, 3.8) is 0 Å². The summed E-state index contributed by atoms with van der Waals surface area (Å²) < 4.78 is 2.32. The second kappa shape index (κ2) is 11.2. The number of pyridine rings is 2. The number of rotatable bonds is 7. The number of aromatic nitrogens is 3. The lowest BCUT2D eigenvalue weighted by Gasteiger charge is -2.28. The van der Waals surface area contributed by atoms with Crippen molar-refractivity contribution in [2.45, 2.75) is 46.3 Å². The minimum absolute atomic E-state index is 0.0854. The van der Waals surface area contributed by atoms with E-state index in [1.54, 1.807) is 6.20 Å². The van der Waals surface area contributed by atoms with Crippen molar-refractivity contribution in [3.05, 3.63) is 106 Å². The van der Waals surface area contributed by atoms with E-state index in [2.05, 4.69) is 50.0 Å². The predicted octanol–water partition coefficient (Wildman–Crippen LogP) is 6.37. The summed E-state index contributed by atoms with van der Waals surface area (Å²) >= 11 is 12.6. The van der Waals surface area contributed by atoms with Gasteiger partial charge in [0.1, 0.15) is 0 Å². The summed E-state index contributed by atoms with van der Waals surface area (Å²) in [5.74, 6) is -0.236. The number of nitrogens with zero attached hydrogens (tertiary/aromatic N) is 4. The molecule has 4 heterocycles. The summed E-state index contributed by atoms with van der Waals surface area (Å²) in [6, 6.07) is 17.5. The van der Waals surface area contributed by atoms with Gasteiger partial charge in [-0.1, -0.05) is 31.5 Å². The van der Waals surface area contributed by atoms with Crippen LogP contribution in [0.5, 0.6) is 0 Å². The smallest absolute Gasteiger partial charge is 0.226 e. The van der Waals surface area contributed by atoms with Gasteiger partial charge in [0.15, 0.2) is 5.11 Å². The van der Waals surface area contributed by atoms with E-state index >= 15 is 0 Å². The van der Waals surface area contributed by atoms with E-state index in [9.17, 15) is 4.79 Å². The molecule has 2 unspecified atom stereocenters. The molecule has 1 amide bonds. The van der Waals surface area contributed by atoms with Crippen LogP contribution in [0.3, 0.4) is 0 Å². The van der Waals surface area contributed by atoms with E-state index in [1.807, 2.05) is 74.8 Å². The highest BCUT2D eigenvalue weighted by molar-refractivity contribution is 7.80. The summed E-state index contributed by atoms with van der Waals surface area (Å²) in [5.41, 5.74) is 6.95. The van der Waals surface area contributed by atoms with Crippen molar-refractivity contribution >= 4 is 46.2 Å². The zero-order chi connectivity index (χ0) is 27.7. The van der Waals surface area contributed by atoms with Crippen LogP contribution in [0.2, 0.25) is 5.02 Å². The molecule has 7 nitrogen and oxygen atoms in total. The van der Waals surface area contributed by atoms with Gasteiger partial charge in [-0.2, -0.15) is 0 Å². The highest BCUT2D eigenvalue weighted by Gasteiger charge is 2.42. The van der Waals surface area contributed by atoms with Crippen molar-refractivity contribution < 1.29 is 4.79 Å². The van der Waals surface area contributed by atoms with E-state index in [4.69, 9.17) is 23.8 Å². The zero-order valence-electron chi connectivity index (χ0n) is 22.4. The van der Waals surface area contributed by atoms with E-state index in [0.29, 0.717) is 15.8 Å². The lowest BCUT2D eigenvalue weighted by molar-refractivity contribution is -0.118. The molecule has 1 fully saturated rings. The number of thiocarbonyl (C=S) groups is 1. The fraction of sp³-hybridized carbons (Fsp3) is 0.267. The highest BCUT2D eigenvalue weighted by Crippen LogP contribution is 2.44. The molecule has 1 aliphatic heterocycles. The number of amides is 1. The van der Waals surface area contributed by atoms with Gasteiger partial charge in [0.25, 0.3) is 0 Å². The van der Waals surface area contributed by atoms with Gasteiger partial charge in [-0.3, -0.25) is 14.8 Å². The maximum absolute atomic E-state index is 12.3. The number of benzene rings is 1. The molecule has 0 bridgehead atoms. The Balaban J connectivity index is 1.57. The molecule has 0 radical (unpaired) electrons. The largest absolute Gasteiger partial charge is 0.351 e. The number of anilines is 2. The molecule has 2 N–H and O–H groups in total. The van der Waals surface area contributed by atoms with Gasteiger partial charge >= 0.3 is 0 Å². The lowest BCUT2D eigenvalue weighted by atomic mass is 9.96. The first-order valence-corrected chi connectivity index (χ1v) is 13.7. The highest BCUT2D eigenvalue weighted by atomic mass is 35.5. The predicted molar refractivity (Wildman–Crippen MR) is 160 cm³/mol. The molecule has 2 atom stereocenters. The summed E-state index contributed by atoms with van der Waals surface area (Å²) in [7, 11) is 0. The van der Waals surface area contributed by atoms with Crippen molar-refractivity contribution in [1.29, 1.82) is 0 Å². The van der Waals surface area contributed by atoms with Gasteiger partial charge in [-0.05, 0) is 85.7 Å². The van der Waals surface area contributed by atoms with Gasteiger partial charge in [0.05, 0.1) is 28.5 Å². The first-order chi connectivity index (χ1) is 18.7. The molecule has 0 saturated carbocycles. The lowest BCUT2D eigenvalue weighted by Crippen LogP contribution is -2.29. The Hall–Kier alpha value is -3.75. The third kappa shape index (κ3) is 5.40. The second-order valence-electron chi connectivity index (χ2n) is 10.1. The van der Waals surface area contributed by atoms with Crippen LogP contribution in [0.25, 0.3) is 0 Å². The minimum Gasteiger partial charge on any atom is -0.351 e. The number of carbonyl (C=O) groups is 1. The molecule has 3 aromatic heterocycles. The van der Waals surface area contributed by atoms with Crippen molar-refractivity contribution in [1.82, 2.24) is 19.9 Å². The Morgan fingerprint density at radius 2 is 1.87 bits per heavy atom. The number of aryl methyl sites for hydroxylation is 1. The fourth-order valence-electron chi connectivity index (χ4n) is 5.02. The Labute approximate surface area is 239 Å². The fourth-order valence-corrected chi connectivity index (χ4v) is 5.59. The third-order valence-electron chi connectivity index (χ3n) is 7.13. The Kier molecular flexibility index (Phi) is 7.68. The van der Waals surface area contributed by atoms with E-state index in [0.717, 1.165) is 34.9 Å². The van der Waals surface area contributed by atoms with Gasteiger partial charge in [-0.25, -0.2) is 0 Å². The summed E-state index contributed by atoms with van der Waals surface area (Å²) in [6.07, 6.45) is 5.44. The zero-order valence-corrected chi connectivity index (χ0v) is 23.9. The van der Waals surface area contributed by atoms with Crippen LogP contribution in [0.1, 0.15) is 54.1 Å². The van der Waals surface area contributed by atoms with Crippen LogP contribution in [0.15, 0.2) is 73.2 Å². The van der Waals surface area contributed by atoms with Crippen LogP contribution in [-0.2, 0) is 11.3 Å². The first-order valence-electron chi connectivity index (χ1n) is 12.9. The van der Waals surface area contributed by atoms with Crippen LogP contribution in [0, 0.1) is 19.8 Å². The maximum Gasteiger partial charge on any atom is 0.226 e. The Morgan fingerprint density at radius 3 is 2.54 bits per heavy atom. The molecule has 1 aliphatic rings. The Morgan fingerprint density at radius 1 is 1.10 bits per heavy atom. The molecular formula is C30H31ClN6OS. The SMILES string of the molecule is Cc1cc(C2C(c3ccccn3)NC(=S)N2c2ccc(NC(=O)C(C)C)c(Cl)c2)c(C)n1Cc1ccncc1. The monoisotopic (exact) mass is 558 g/mol. The first kappa shape index (κ1) is 26.8. The van der Waals surface area contributed by atoms with Crippen molar-refractivity contribution in [2.75, 3.05) is 10.2 Å². The van der Waals surface area contributed by atoms with Gasteiger partial charge in [-0.15, -0.1) is 0 Å². The average Bonchev–Trinajstić information content (AvgIpc) is 3.41. The number of nitrogens with one attached hydrogen (secondary N) is 2. The number of hydrogen-bond acceptors (Lipinski definition) is 4. The maximum atomic E-state index is 12.3. The van der Waals surface area contributed by atoms with Crippen molar-refractivity contribution in [3.8, 4) is 0 Å². The molecule has 5 rings (SSSR count). The number of hydrogen-bond donors (Lipinski definition) is 2. The summed E-state index contributed by atoms with van der Waals surface area (Å²) in [4.78, 5) is 23.2. The molecule has 200 valence electrons. The molecule has 9 heteroatoms. The average molecular weight is 559 g/mol.